The Balaban J connectivity index is 1.59. The van der Waals surface area contributed by atoms with Crippen molar-refractivity contribution in [3.05, 3.63) is 65.7 Å². The van der Waals surface area contributed by atoms with Crippen molar-refractivity contribution >= 4 is 11.7 Å². The molecule has 1 aliphatic rings. The van der Waals surface area contributed by atoms with Gasteiger partial charge < -0.3 is 9.64 Å². The van der Waals surface area contributed by atoms with Gasteiger partial charge in [0.15, 0.2) is 0 Å². The molecular formula is C18H19NO2. The highest BCUT2D eigenvalue weighted by Gasteiger charge is 2.13. The molecule has 0 spiro atoms. The van der Waals surface area contributed by atoms with E-state index in [2.05, 4.69) is 4.90 Å². The second-order valence-corrected chi connectivity index (χ2v) is 5.30. The Labute approximate surface area is 125 Å². The zero-order valence-corrected chi connectivity index (χ0v) is 12.0. The lowest BCUT2D eigenvalue weighted by Crippen LogP contribution is -2.17. The molecule has 2 aromatic rings. The average Bonchev–Trinajstić information content (AvgIpc) is 3.08. The number of rotatable bonds is 4. The second kappa shape index (κ2) is 6.44. The van der Waals surface area contributed by atoms with Gasteiger partial charge in [-0.1, -0.05) is 30.3 Å². The third-order valence-corrected chi connectivity index (χ3v) is 3.79. The van der Waals surface area contributed by atoms with Crippen LogP contribution in [0.3, 0.4) is 0 Å². The van der Waals surface area contributed by atoms with Crippen molar-refractivity contribution in [2.75, 3.05) is 18.0 Å². The fraction of sp³-hybridized carbons (Fsp3) is 0.278. The minimum absolute atomic E-state index is 0.271. The standard InChI is InChI=1S/C18H19NO2/c20-18(21-14-15-6-2-1-3-7-15)16-8-10-17(11-9-16)19-12-4-5-13-19/h1-3,6-11H,4-5,12-14H2. The zero-order chi connectivity index (χ0) is 14.5. The van der Waals surface area contributed by atoms with Gasteiger partial charge in [-0.05, 0) is 42.7 Å². The Morgan fingerprint density at radius 1 is 0.952 bits per heavy atom. The molecule has 0 saturated carbocycles. The van der Waals surface area contributed by atoms with E-state index in [0.29, 0.717) is 12.2 Å². The summed E-state index contributed by atoms with van der Waals surface area (Å²) in [6.07, 6.45) is 2.50. The topological polar surface area (TPSA) is 29.5 Å². The molecule has 3 heteroatoms. The lowest BCUT2D eigenvalue weighted by atomic mass is 10.2. The summed E-state index contributed by atoms with van der Waals surface area (Å²) >= 11 is 0. The molecule has 0 unspecified atom stereocenters. The third-order valence-electron chi connectivity index (χ3n) is 3.79. The van der Waals surface area contributed by atoms with Gasteiger partial charge in [-0.25, -0.2) is 4.79 Å². The van der Waals surface area contributed by atoms with E-state index in [1.807, 2.05) is 54.6 Å². The lowest BCUT2D eigenvalue weighted by molar-refractivity contribution is 0.0473. The molecule has 108 valence electrons. The van der Waals surface area contributed by atoms with Crippen molar-refractivity contribution in [2.45, 2.75) is 19.4 Å². The number of hydrogen-bond donors (Lipinski definition) is 0. The molecule has 0 atom stereocenters. The molecule has 0 aliphatic carbocycles. The monoisotopic (exact) mass is 281 g/mol. The molecule has 1 saturated heterocycles. The molecule has 1 fully saturated rings. The average molecular weight is 281 g/mol. The van der Waals surface area contributed by atoms with Gasteiger partial charge in [-0.3, -0.25) is 0 Å². The number of hydrogen-bond acceptors (Lipinski definition) is 3. The van der Waals surface area contributed by atoms with Crippen molar-refractivity contribution in [2.24, 2.45) is 0 Å². The minimum Gasteiger partial charge on any atom is -0.457 e. The van der Waals surface area contributed by atoms with Gasteiger partial charge in [0.2, 0.25) is 0 Å². The number of anilines is 1. The molecule has 2 aromatic carbocycles. The summed E-state index contributed by atoms with van der Waals surface area (Å²) in [5.41, 5.74) is 2.79. The molecule has 0 radical (unpaired) electrons. The zero-order valence-electron chi connectivity index (χ0n) is 12.0. The molecular weight excluding hydrogens is 262 g/mol. The van der Waals surface area contributed by atoms with Crippen molar-refractivity contribution < 1.29 is 9.53 Å². The fourth-order valence-corrected chi connectivity index (χ4v) is 2.59. The largest absolute Gasteiger partial charge is 0.457 e. The van der Waals surface area contributed by atoms with Crippen molar-refractivity contribution in [3.8, 4) is 0 Å². The fourth-order valence-electron chi connectivity index (χ4n) is 2.59. The maximum atomic E-state index is 12.0. The molecule has 0 aromatic heterocycles. The quantitative estimate of drug-likeness (QED) is 0.801. The van der Waals surface area contributed by atoms with Crippen LogP contribution in [0.4, 0.5) is 5.69 Å². The van der Waals surface area contributed by atoms with Crippen LogP contribution >= 0.6 is 0 Å². The van der Waals surface area contributed by atoms with Gasteiger partial charge in [0.25, 0.3) is 0 Å². The molecule has 0 bridgehead atoms. The normalized spacial score (nSPS) is 14.2. The first kappa shape index (κ1) is 13.7. The molecule has 21 heavy (non-hydrogen) atoms. The van der Waals surface area contributed by atoms with Crippen LogP contribution in [0.15, 0.2) is 54.6 Å². The molecule has 3 rings (SSSR count). The number of esters is 1. The number of carbonyl (C=O) groups is 1. The van der Waals surface area contributed by atoms with Gasteiger partial charge >= 0.3 is 5.97 Å². The van der Waals surface area contributed by atoms with E-state index in [4.69, 9.17) is 4.74 Å². The maximum absolute atomic E-state index is 12.0. The third kappa shape index (κ3) is 3.43. The van der Waals surface area contributed by atoms with E-state index in [1.165, 1.54) is 18.5 Å². The van der Waals surface area contributed by atoms with Gasteiger partial charge in [-0.2, -0.15) is 0 Å². The van der Waals surface area contributed by atoms with E-state index in [1.54, 1.807) is 0 Å². The Morgan fingerprint density at radius 3 is 2.29 bits per heavy atom. The van der Waals surface area contributed by atoms with Gasteiger partial charge in [0.05, 0.1) is 5.56 Å². The SMILES string of the molecule is O=C(OCc1ccccc1)c1ccc(N2CCCC2)cc1. The van der Waals surface area contributed by atoms with Crippen molar-refractivity contribution in [1.29, 1.82) is 0 Å². The predicted molar refractivity (Wildman–Crippen MR) is 83.5 cm³/mol. The van der Waals surface area contributed by atoms with Crippen LogP contribution in [0.2, 0.25) is 0 Å². The Kier molecular flexibility index (Phi) is 4.20. The first-order valence-electron chi connectivity index (χ1n) is 7.39. The van der Waals surface area contributed by atoms with Crippen LogP contribution in [-0.4, -0.2) is 19.1 Å². The highest BCUT2D eigenvalue weighted by atomic mass is 16.5. The number of benzene rings is 2. The highest BCUT2D eigenvalue weighted by molar-refractivity contribution is 5.89. The Hall–Kier alpha value is -2.29. The van der Waals surface area contributed by atoms with Crippen molar-refractivity contribution in [3.63, 3.8) is 0 Å². The van der Waals surface area contributed by atoms with E-state index < -0.39 is 0 Å². The molecule has 0 amide bonds. The first-order chi connectivity index (χ1) is 10.3. The van der Waals surface area contributed by atoms with Gasteiger partial charge in [0.1, 0.15) is 6.61 Å². The molecule has 1 aliphatic heterocycles. The van der Waals surface area contributed by atoms with Crippen molar-refractivity contribution in [1.82, 2.24) is 0 Å². The predicted octanol–water partition coefficient (Wildman–Crippen LogP) is 3.64. The van der Waals surface area contributed by atoms with E-state index in [-0.39, 0.29) is 5.97 Å². The summed E-state index contributed by atoms with van der Waals surface area (Å²) in [4.78, 5) is 14.4. The molecule has 3 nitrogen and oxygen atoms in total. The lowest BCUT2D eigenvalue weighted by Gasteiger charge is -2.17. The van der Waals surface area contributed by atoms with Gasteiger partial charge in [-0.15, -0.1) is 0 Å². The molecule has 1 heterocycles. The summed E-state index contributed by atoms with van der Waals surface area (Å²) < 4.78 is 5.33. The maximum Gasteiger partial charge on any atom is 0.338 e. The number of ether oxygens (including phenoxy) is 1. The first-order valence-corrected chi connectivity index (χ1v) is 7.39. The Morgan fingerprint density at radius 2 is 1.62 bits per heavy atom. The minimum atomic E-state index is -0.271. The van der Waals surface area contributed by atoms with Crippen LogP contribution in [0.1, 0.15) is 28.8 Å². The summed E-state index contributed by atoms with van der Waals surface area (Å²) in [7, 11) is 0. The Bertz CT molecular complexity index is 586. The molecule has 0 N–H and O–H groups in total. The number of nitrogens with zero attached hydrogens (tertiary/aromatic N) is 1. The van der Waals surface area contributed by atoms with E-state index in [0.717, 1.165) is 18.7 Å². The highest BCUT2D eigenvalue weighted by Crippen LogP contribution is 2.20. The van der Waals surface area contributed by atoms with Gasteiger partial charge in [0, 0.05) is 18.8 Å². The van der Waals surface area contributed by atoms with Crippen LogP contribution < -0.4 is 4.90 Å². The summed E-state index contributed by atoms with van der Waals surface area (Å²) in [5.74, 6) is -0.271. The van der Waals surface area contributed by atoms with E-state index >= 15 is 0 Å². The summed E-state index contributed by atoms with van der Waals surface area (Å²) in [5, 5.41) is 0. The number of carbonyl (C=O) groups excluding carboxylic acids is 1. The summed E-state index contributed by atoms with van der Waals surface area (Å²) in [6.45, 7) is 2.53. The van der Waals surface area contributed by atoms with E-state index in [9.17, 15) is 4.79 Å². The van der Waals surface area contributed by atoms with Crippen LogP contribution in [0, 0.1) is 0 Å². The second-order valence-electron chi connectivity index (χ2n) is 5.30. The van der Waals surface area contributed by atoms with Crippen LogP contribution in [0.5, 0.6) is 0 Å². The van der Waals surface area contributed by atoms with Crippen LogP contribution in [-0.2, 0) is 11.3 Å². The van der Waals surface area contributed by atoms with Crippen LogP contribution in [0.25, 0.3) is 0 Å². The summed E-state index contributed by atoms with van der Waals surface area (Å²) in [6, 6.07) is 17.4. The smallest absolute Gasteiger partial charge is 0.338 e.